The Morgan fingerprint density at radius 1 is 1.19 bits per heavy atom. The van der Waals surface area contributed by atoms with Gasteiger partial charge in [-0.05, 0) is 18.2 Å². The summed E-state index contributed by atoms with van der Waals surface area (Å²) in [6.07, 6.45) is 2.46. The third-order valence-corrected chi connectivity index (χ3v) is 6.75. The maximum Gasteiger partial charge on any atom is 0.254 e. The zero-order chi connectivity index (χ0) is 26.9. The molecule has 4 aromatic rings. The molecule has 12 heteroatoms. The molecule has 4 rings (SSSR count). The molecule has 0 aromatic carbocycles. The van der Waals surface area contributed by atoms with E-state index in [1.165, 1.54) is 32.8 Å². The predicted octanol–water partition coefficient (Wildman–Crippen LogP) is 4.66. The average molecular weight is 543 g/mol. The molecule has 0 unspecified atom stereocenters. The molecule has 0 aliphatic rings. The summed E-state index contributed by atoms with van der Waals surface area (Å²) in [5.74, 6) is -0.160. The lowest BCUT2D eigenvalue weighted by molar-refractivity contribution is 0.0752. The van der Waals surface area contributed by atoms with Gasteiger partial charge < -0.3 is 14.6 Å². The summed E-state index contributed by atoms with van der Waals surface area (Å²) in [4.78, 5) is 45.8. The number of carbonyl (C=O) groups excluding carboxylic acids is 2. The second kappa shape index (κ2) is 10.3. The first-order valence-electron chi connectivity index (χ1n) is 11.4. The first-order valence-corrected chi connectivity index (χ1v) is 12.6. The largest absolute Gasteiger partial charge is 0.440 e. The van der Waals surface area contributed by atoms with Crippen molar-refractivity contribution in [3.05, 3.63) is 68.2 Å². The SMILES string of the molecule is CN(C)c1cc(-c2cc(NCc3ccc(Cl)s3)n(C(=O)C(C)(C)C)n2)n(CC(=O)c2cnco2)c(=O)c1. The number of rotatable bonds is 8. The highest BCUT2D eigenvalue weighted by atomic mass is 35.5. The zero-order valence-corrected chi connectivity index (χ0v) is 22.7. The standard InChI is InChI=1S/C25H27ClN6O4S/c1-25(2,3)24(35)32-22(28-11-16-6-7-21(26)37-16)10-17(29-32)18-8-15(30(4)5)9-23(34)31(18)13-19(33)20-12-27-14-36-20/h6-10,12,14,28H,11,13H2,1-5H3. The summed E-state index contributed by atoms with van der Waals surface area (Å²) in [6.45, 7) is 5.55. The zero-order valence-electron chi connectivity index (χ0n) is 21.1. The van der Waals surface area contributed by atoms with Gasteiger partial charge in [0, 0.05) is 42.2 Å². The fourth-order valence-corrected chi connectivity index (χ4v) is 4.55. The highest BCUT2D eigenvalue weighted by Gasteiger charge is 2.28. The number of aromatic nitrogens is 4. The van der Waals surface area contributed by atoms with Gasteiger partial charge in [-0.1, -0.05) is 32.4 Å². The topological polar surface area (TPSA) is 115 Å². The van der Waals surface area contributed by atoms with Crippen LogP contribution in [0.2, 0.25) is 4.34 Å². The van der Waals surface area contributed by atoms with Crippen LogP contribution in [0.1, 0.15) is 41.0 Å². The van der Waals surface area contributed by atoms with Crippen LogP contribution in [0.3, 0.4) is 0 Å². The van der Waals surface area contributed by atoms with Gasteiger partial charge in [0.25, 0.3) is 11.5 Å². The number of anilines is 2. The maximum atomic E-state index is 13.3. The molecule has 0 fully saturated rings. The maximum absolute atomic E-state index is 13.3. The van der Waals surface area contributed by atoms with Crippen molar-refractivity contribution < 1.29 is 14.0 Å². The molecule has 4 heterocycles. The van der Waals surface area contributed by atoms with Gasteiger partial charge in [-0.2, -0.15) is 9.78 Å². The van der Waals surface area contributed by atoms with E-state index in [2.05, 4.69) is 15.4 Å². The van der Waals surface area contributed by atoms with Crippen molar-refractivity contribution in [2.24, 2.45) is 5.41 Å². The smallest absolute Gasteiger partial charge is 0.254 e. The van der Waals surface area contributed by atoms with Crippen LogP contribution in [-0.2, 0) is 13.1 Å². The van der Waals surface area contributed by atoms with Crippen molar-refractivity contribution in [2.45, 2.75) is 33.9 Å². The van der Waals surface area contributed by atoms with Gasteiger partial charge in [-0.25, -0.2) is 4.98 Å². The molecule has 37 heavy (non-hydrogen) atoms. The van der Waals surface area contributed by atoms with Crippen molar-refractivity contribution in [3.8, 4) is 11.4 Å². The lowest BCUT2D eigenvalue weighted by atomic mass is 9.96. The number of Topliss-reactive ketones (excluding diaryl/α,β-unsaturated/α-hetero) is 1. The second-order valence-electron chi connectivity index (χ2n) is 9.65. The van der Waals surface area contributed by atoms with E-state index in [4.69, 9.17) is 16.0 Å². The van der Waals surface area contributed by atoms with E-state index in [0.717, 1.165) is 11.3 Å². The Morgan fingerprint density at radius 3 is 2.54 bits per heavy atom. The molecule has 0 aliphatic heterocycles. The van der Waals surface area contributed by atoms with Gasteiger partial charge in [-0.15, -0.1) is 11.3 Å². The van der Waals surface area contributed by atoms with Crippen molar-refractivity contribution >= 4 is 46.1 Å². The molecule has 0 saturated carbocycles. The van der Waals surface area contributed by atoms with E-state index in [1.54, 1.807) is 37.8 Å². The van der Waals surface area contributed by atoms with E-state index >= 15 is 0 Å². The van der Waals surface area contributed by atoms with Crippen molar-refractivity contribution in [2.75, 3.05) is 24.3 Å². The Labute approximate surface area is 222 Å². The molecule has 0 atom stereocenters. The van der Waals surface area contributed by atoms with Crippen LogP contribution in [0.4, 0.5) is 11.5 Å². The summed E-state index contributed by atoms with van der Waals surface area (Å²) in [5, 5.41) is 7.86. The number of nitrogens with zero attached hydrogens (tertiary/aromatic N) is 5. The molecule has 0 bridgehead atoms. The molecule has 0 spiro atoms. The molecular weight excluding hydrogens is 516 g/mol. The van der Waals surface area contributed by atoms with E-state index < -0.39 is 16.8 Å². The van der Waals surface area contributed by atoms with Crippen molar-refractivity contribution in [1.82, 2.24) is 19.3 Å². The number of thiophene rings is 1. The molecule has 1 N–H and O–H groups in total. The van der Waals surface area contributed by atoms with E-state index in [9.17, 15) is 14.4 Å². The normalized spacial score (nSPS) is 11.5. The molecule has 194 valence electrons. The molecule has 0 amide bonds. The van der Waals surface area contributed by atoms with Gasteiger partial charge in [0.15, 0.2) is 12.2 Å². The third kappa shape index (κ3) is 5.83. The van der Waals surface area contributed by atoms with E-state index in [0.29, 0.717) is 33.8 Å². The van der Waals surface area contributed by atoms with Crippen molar-refractivity contribution in [1.29, 1.82) is 0 Å². The molecular formula is C25H27ClN6O4S. The molecule has 4 aromatic heterocycles. The first-order chi connectivity index (χ1) is 17.4. The van der Waals surface area contributed by atoms with E-state index in [-0.39, 0.29) is 18.2 Å². The van der Waals surface area contributed by atoms with Crippen LogP contribution in [-0.4, -0.2) is 45.1 Å². The molecule has 10 nitrogen and oxygen atoms in total. The van der Waals surface area contributed by atoms with Gasteiger partial charge in [0.1, 0.15) is 11.5 Å². The number of hydrogen-bond donors (Lipinski definition) is 1. The summed E-state index contributed by atoms with van der Waals surface area (Å²) in [7, 11) is 3.62. The van der Waals surface area contributed by atoms with Gasteiger partial charge in [-0.3, -0.25) is 19.0 Å². The molecule has 0 aliphatic carbocycles. The van der Waals surface area contributed by atoms with Crippen molar-refractivity contribution in [3.63, 3.8) is 0 Å². The summed E-state index contributed by atoms with van der Waals surface area (Å²) in [6, 6.07) is 8.60. The fourth-order valence-electron chi connectivity index (χ4n) is 3.52. The van der Waals surface area contributed by atoms with Crippen LogP contribution < -0.4 is 15.8 Å². The monoisotopic (exact) mass is 542 g/mol. The number of hydrogen-bond acceptors (Lipinski definition) is 9. The third-order valence-electron chi connectivity index (χ3n) is 5.52. The highest BCUT2D eigenvalue weighted by Crippen LogP contribution is 2.29. The first kappa shape index (κ1) is 26.4. The number of carbonyl (C=O) groups is 2. The number of ketones is 1. The minimum Gasteiger partial charge on any atom is -0.440 e. The quantitative estimate of drug-likeness (QED) is 0.320. The lowest BCUT2D eigenvalue weighted by Crippen LogP contribution is -2.29. The second-order valence-corrected chi connectivity index (χ2v) is 11.4. The summed E-state index contributed by atoms with van der Waals surface area (Å²) in [5.41, 5.74) is 0.248. The van der Waals surface area contributed by atoms with Crippen LogP contribution >= 0.6 is 22.9 Å². The Bertz CT molecular complexity index is 1490. The number of pyridine rings is 1. The van der Waals surface area contributed by atoms with Gasteiger partial charge in [0.2, 0.25) is 5.78 Å². The molecule has 0 saturated heterocycles. The Hall–Kier alpha value is -3.70. The Morgan fingerprint density at radius 2 is 1.95 bits per heavy atom. The number of halogens is 1. The fraction of sp³-hybridized carbons (Fsp3) is 0.320. The summed E-state index contributed by atoms with van der Waals surface area (Å²) >= 11 is 7.49. The predicted molar refractivity (Wildman–Crippen MR) is 144 cm³/mol. The van der Waals surface area contributed by atoms with Crippen LogP contribution in [0.5, 0.6) is 0 Å². The molecule has 0 radical (unpaired) electrons. The minimum absolute atomic E-state index is 0.0416. The van der Waals surface area contributed by atoms with Gasteiger partial charge >= 0.3 is 0 Å². The number of nitrogens with one attached hydrogen (secondary N) is 1. The summed E-state index contributed by atoms with van der Waals surface area (Å²) < 4.78 is 8.40. The number of oxazole rings is 1. The Balaban J connectivity index is 1.81. The lowest BCUT2D eigenvalue weighted by Gasteiger charge is -2.18. The average Bonchev–Trinajstić information content (AvgIpc) is 3.58. The highest BCUT2D eigenvalue weighted by molar-refractivity contribution is 7.16. The van der Waals surface area contributed by atoms with E-state index in [1.807, 2.05) is 26.2 Å². The van der Waals surface area contributed by atoms with Crippen LogP contribution in [0.15, 0.2) is 52.1 Å². The van der Waals surface area contributed by atoms with Crippen LogP contribution in [0.25, 0.3) is 11.4 Å². The minimum atomic E-state index is -0.723. The Kier molecular flexibility index (Phi) is 7.37. The van der Waals surface area contributed by atoms with Gasteiger partial charge in [0.05, 0.1) is 29.3 Å². The van der Waals surface area contributed by atoms with Crippen LogP contribution in [0, 0.1) is 5.41 Å².